The molecular formula is C36H36IN7O2. The Labute approximate surface area is 282 Å². The molecule has 0 bridgehead atoms. The maximum Gasteiger partial charge on any atom is 0.324 e. The summed E-state index contributed by atoms with van der Waals surface area (Å²) in [6.45, 7) is 6.13. The number of hydrogen-bond acceptors (Lipinski definition) is 7. The summed E-state index contributed by atoms with van der Waals surface area (Å²) in [4.78, 5) is 22.2. The zero-order valence-electron chi connectivity index (χ0n) is 25.9. The third-order valence-electron chi connectivity index (χ3n) is 7.01. The van der Waals surface area contributed by atoms with Crippen molar-refractivity contribution < 1.29 is 9.53 Å². The molecule has 1 aromatic heterocycles. The maximum atomic E-state index is 13.3. The molecule has 2 amide bonds. The first-order chi connectivity index (χ1) is 22.3. The number of fused-ring (bicyclic) bond motifs is 1. The van der Waals surface area contributed by atoms with Gasteiger partial charge < -0.3 is 26.1 Å². The number of carbonyl (C=O) groups excluding carboxylic acids is 1. The number of rotatable bonds is 12. The standard InChI is InChI=1S/C36H36IN7O2/c1-4-8-29(37)30(38)22-33(40-25-15-13-23(2)14-16-25)43-36(45)42-31-17-18-32(28-12-6-5-11-27(28)31)46-34-19-20-39-35(44-34)41-26-10-7-9-24(3)21-26/h5-7,9-22,29,38,40H,4,8H2,1-3H3,(H,39,41,44)(H2,42,43,45)/b33-22+,38-30?. The van der Waals surface area contributed by atoms with Crippen LogP contribution in [-0.4, -0.2) is 25.6 Å². The van der Waals surface area contributed by atoms with Crippen molar-refractivity contribution in [3.05, 3.63) is 120 Å². The van der Waals surface area contributed by atoms with Crippen LogP contribution in [0.25, 0.3) is 10.8 Å². The van der Waals surface area contributed by atoms with Gasteiger partial charge >= 0.3 is 6.03 Å². The number of ether oxygens (including phenoxy) is 1. The molecule has 9 nitrogen and oxygen atoms in total. The molecule has 5 N–H and O–H groups in total. The van der Waals surface area contributed by atoms with Gasteiger partial charge in [-0.15, -0.1) is 0 Å². The Kier molecular flexibility index (Phi) is 10.8. The fraction of sp³-hybridized carbons (Fsp3) is 0.167. The number of halogens is 1. The molecule has 0 aliphatic heterocycles. The van der Waals surface area contributed by atoms with E-state index in [4.69, 9.17) is 10.1 Å². The Morgan fingerprint density at radius 3 is 2.46 bits per heavy atom. The molecule has 0 saturated heterocycles. The highest BCUT2D eigenvalue weighted by atomic mass is 127. The lowest BCUT2D eigenvalue weighted by Crippen LogP contribution is -2.32. The number of amides is 2. The molecule has 5 rings (SSSR count). The number of carbonyl (C=O) groups is 1. The Morgan fingerprint density at radius 2 is 1.70 bits per heavy atom. The van der Waals surface area contributed by atoms with Gasteiger partial charge in [0.15, 0.2) is 0 Å². The molecule has 0 radical (unpaired) electrons. The SMILES string of the molecule is CCCC(I)C(=N)/C=C(/NC(=O)Nc1ccc(Oc2ccnc(Nc3cccc(C)c3)n2)c2ccccc12)Nc1ccc(C)cc1. The number of alkyl halides is 1. The van der Waals surface area contributed by atoms with E-state index in [-0.39, 0.29) is 3.92 Å². The van der Waals surface area contributed by atoms with E-state index < -0.39 is 6.03 Å². The van der Waals surface area contributed by atoms with Crippen molar-refractivity contribution in [3.8, 4) is 11.6 Å². The quantitative estimate of drug-likeness (QED) is 0.0496. The minimum absolute atomic E-state index is 0.0306. The molecule has 0 aliphatic carbocycles. The summed E-state index contributed by atoms with van der Waals surface area (Å²) in [5.41, 5.74) is 4.97. The topological polar surface area (TPSA) is 124 Å². The molecule has 5 aromatic rings. The van der Waals surface area contributed by atoms with Gasteiger partial charge in [-0.25, -0.2) is 9.78 Å². The first-order valence-electron chi connectivity index (χ1n) is 15.0. The highest BCUT2D eigenvalue weighted by Crippen LogP contribution is 2.34. The van der Waals surface area contributed by atoms with Gasteiger partial charge in [-0.1, -0.05) is 90.0 Å². The van der Waals surface area contributed by atoms with Crippen molar-refractivity contribution in [2.45, 2.75) is 37.5 Å². The van der Waals surface area contributed by atoms with E-state index in [2.05, 4.69) is 60.7 Å². The van der Waals surface area contributed by atoms with Crippen LogP contribution in [-0.2, 0) is 0 Å². The fourth-order valence-corrected chi connectivity index (χ4v) is 5.52. The lowest BCUT2D eigenvalue weighted by atomic mass is 10.1. The zero-order valence-corrected chi connectivity index (χ0v) is 28.1. The minimum atomic E-state index is -0.444. The largest absolute Gasteiger partial charge is 0.438 e. The second-order valence-electron chi connectivity index (χ2n) is 10.8. The molecule has 1 heterocycles. The predicted molar refractivity (Wildman–Crippen MR) is 196 cm³/mol. The molecule has 46 heavy (non-hydrogen) atoms. The normalized spacial score (nSPS) is 11.9. The highest BCUT2D eigenvalue weighted by Gasteiger charge is 2.14. The molecule has 0 aliphatic rings. The molecule has 0 fully saturated rings. The van der Waals surface area contributed by atoms with Gasteiger partial charge in [0.25, 0.3) is 0 Å². The summed E-state index contributed by atoms with van der Waals surface area (Å²) in [6.07, 6.45) is 5.15. The van der Waals surface area contributed by atoms with Crippen LogP contribution < -0.4 is 26.0 Å². The lowest BCUT2D eigenvalue weighted by Gasteiger charge is -2.17. The van der Waals surface area contributed by atoms with Crippen LogP contribution >= 0.6 is 22.6 Å². The smallest absolute Gasteiger partial charge is 0.324 e. The molecule has 0 spiro atoms. The van der Waals surface area contributed by atoms with E-state index in [1.165, 1.54) is 0 Å². The number of nitrogens with one attached hydrogen (secondary N) is 5. The molecule has 1 unspecified atom stereocenters. The van der Waals surface area contributed by atoms with Gasteiger partial charge in [0.1, 0.15) is 11.6 Å². The summed E-state index contributed by atoms with van der Waals surface area (Å²) in [5, 5.41) is 22.5. The Morgan fingerprint density at radius 1 is 0.913 bits per heavy atom. The minimum Gasteiger partial charge on any atom is -0.438 e. The van der Waals surface area contributed by atoms with E-state index in [1.807, 2.05) is 86.6 Å². The van der Waals surface area contributed by atoms with Crippen molar-refractivity contribution in [1.82, 2.24) is 15.3 Å². The molecule has 10 heteroatoms. The molecule has 4 aromatic carbocycles. The van der Waals surface area contributed by atoms with Crippen LogP contribution in [0.4, 0.5) is 27.8 Å². The van der Waals surface area contributed by atoms with Gasteiger partial charge in [-0.05, 0) is 62.2 Å². The molecular weight excluding hydrogens is 689 g/mol. The number of hydrogen-bond donors (Lipinski definition) is 5. The van der Waals surface area contributed by atoms with E-state index in [0.717, 1.165) is 46.1 Å². The molecule has 234 valence electrons. The Balaban J connectivity index is 1.34. The van der Waals surface area contributed by atoms with Crippen LogP contribution in [0.5, 0.6) is 11.6 Å². The van der Waals surface area contributed by atoms with Crippen molar-refractivity contribution in [2.24, 2.45) is 0 Å². The number of benzene rings is 4. The van der Waals surface area contributed by atoms with Crippen LogP contribution in [0.2, 0.25) is 0 Å². The second kappa shape index (κ2) is 15.3. The summed E-state index contributed by atoms with van der Waals surface area (Å²) < 4.78 is 6.25. The maximum absolute atomic E-state index is 13.3. The van der Waals surface area contributed by atoms with Gasteiger partial charge in [-0.3, -0.25) is 5.32 Å². The first kappa shape index (κ1) is 32.4. The van der Waals surface area contributed by atoms with E-state index in [0.29, 0.717) is 34.8 Å². The fourth-order valence-electron chi connectivity index (χ4n) is 4.72. The van der Waals surface area contributed by atoms with Crippen molar-refractivity contribution >= 4 is 68.1 Å². The van der Waals surface area contributed by atoms with Crippen LogP contribution in [0, 0.1) is 19.3 Å². The highest BCUT2D eigenvalue weighted by molar-refractivity contribution is 14.1. The predicted octanol–water partition coefficient (Wildman–Crippen LogP) is 9.48. The zero-order chi connectivity index (χ0) is 32.5. The lowest BCUT2D eigenvalue weighted by molar-refractivity contribution is 0.254. The van der Waals surface area contributed by atoms with Crippen molar-refractivity contribution in [2.75, 3.05) is 16.0 Å². The number of aryl methyl sites for hydroxylation is 2. The second-order valence-corrected chi connectivity index (χ2v) is 12.3. The number of allylic oxidation sites excluding steroid dienone is 1. The average molecular weight is 726 g/mol. The summed E-state index contributed by atoms with van der Waals surface area (Å²) in [5.74, 6) is 1.79. The third-order valence-corrected chi connectivity index (χ3v) is 8.30. The summed E-state index contributed by atoms with van der Waals surface area (Å²) in [6, 6.07) is 28.3. The van der Waals surface area contributed by atoms with Gasteiger partial charge in [0, 0.05) is 46.2 Å². The van der Waals surface area contributed by atoms with Crippen LogP contribution in [0.3, 0.4) is 0 Å². The van der Waals surface area contributed by atoms with E-state index in [9.17, 15) is 4.79 Å². The van der Waals surface area contributed by atoms with Crippen molar-refractivity contribution in [3.63, 3.8) is 0 Å². The monoisotopic (exact) mass is 725 g/mol. The Hall–Kier alpha value is -4.97. The number of anilines is 4. The summed E-state index contributed by atoms with van der Waals surface area (Å²) in [7, 11) is 0. The number of aromatic nitrogens is 2. The summed E-state index contributed by atoms with van der Waals surface area (Å²) >= 11 is 2.27. The molecule has 1 atom stereocenters. The number of nitrogens with zero attached hydrogens (tertiary/aromatic N) is 2. The number of urea groups is 1. The first-order valence-corrected chi connectivity index (χ1v) is 16.2. The van der Waals surface area contributed by atoms with Crippen LogP contribution in [0.15, 0.2) is 109 Å². The van der Waals surface area contributed by atoms with Gasteiger partial charge in [-0.2, -0.15) is 4.98 Å². The molecule has 0 saturated carbocycles. The van der Waals surface area contributed by atoms with E-state index in [1.54, 1.807) is 30.5 Å². The average Bonchev–Trinajstić information content (AvgIpc) is 3.03. The Bertz CT molecular complexity index is 1870. The van der Waals surface area contributed by atoms with Gasteiger partial charge in [0.2, 0.25) is 11.8 Å². The van der Waals surface area contributed by atoms with Crippen molar-refractivity contribution in [1.29, 1.82) is 5.41 Å². The third kappa shape index (κ3) is 8.81. The van der Waals surface area contributed by atoms with Crippen LogP contribution in [0.1, 0.15) is 30.9 Å². The van der Waals surface area contributed by atoms with Gasteiger partial charge in [0.05, 0.1) is 9.61 Å². The van der Waals surface area contributed by atoms with E-state index >= 15 is 0 Å².